The predicted molar refractivity (Wildman–Crippen MR) is 133 cm³/mol. The van der Waals surface area contributed by atoms with Crippen molar-refractivity contribution in [2.24, 2.45) is 4.99 Å². The summed E-state index contributed by atoms with van der Waals surface area (Å²) in [5, 5.41) is 0. The fourth-order valence-corrected chi connectivity index (χ4v) is 6.66. The van der Waals surface area contributed by atoms with Gasteiger partial charge in [0, 0.05) is 18.7 Å². The van der Waals surface area contributed by atoms with E-state index in [1.54, 1.807) is 29.9 Å². The highest BCUT2D eigenvalue weighted by atomic mass is 32.2. The minimum atomic E-state index is -3.73. The zero-order valence-corrected chi connectivity index (χ0v) is 22.0. The van der Waals surface area contributed by atoms with Crippen molar-refractivity contribution in [2.45, 2.75) is 37.5 Å². The lowest BCUT2D eigenvalue weighted by atomic mass is 10.2. The average molecular weight is 534 g/mol. The second kappa shape index (κ2) is 10.5. The Balaban J connectivity index is 1.66. The second-order valence-corrected chi connectivity index (χ2v) is 11.3. The van der Waals surface area contributed by atoms with Gasteiger partial charge < -0.3 is 18.8 Å². The van der Waals surface area contributed by atoms with Crippen molar-refractivity contribution in [3.63, 3.8) is 0 Å². The molecule has 3 aromatic rings. The molecule has 0 aliphatic carbocycles. The van der Waals surface area contributed by atoms with Gasteiger partial charge in [-0.1, -0.05) is 11.3 Å². The molecule has 1 aromatic heterocycles. The number of esters is 1. The molecule has 1 amide bonds. The fraction of sp³-hybridized carbons (Fsp3) is 0.375. The molecule has 2 atom stereocenters. The van der Waals surface area contributed by atoms with Crippen molar-refractivity contribution in [3.8, 4) is 5.75 Å². The van der Waals surface area contributed by atoms with Gasteiger partial charge in [0.05, 0.1) is 41.5 Å². The number of hydrogen-bond donors (Lipinski definition) is 0. The van der Waals surface area contributed by atoms with Gasteiger partial charge in [0.25, 0.3) is 5.91 Å². The van der Waals surface area contributed by atoms with Crippen LogP contribution in [0.15, 0.2) is 52.4 Å². The number of carbonyl (C=O) groups is 2. The number of amides is 1. The van der Waals surface area contributed by atoms with Gasteiger partial charge in [0.15, 0.2) is 4.80 Å². The molecule has 192 valence electrons. The Kier molecular flexibility index (Phi) is 7.59. The molecule has 0 radical (unpaired) electrons. The number of carbonyl (C=O) groups excluding carboxylic acids is 2. The smallest absolute Gasteiger partial charge is 0.325 e. The van der Waals surface area contributed by atoms with Crippen LogP contribution in [-0.4, -0.2) is 68.7 Å². The molecule has 1 aliphatic heterocycles. The number of nitrogens with zero attached hydrogens (tertiary/aromatic N) is 3. The first-order chi connectivity index (χ1) is 17.1. The third-order valence-electron chi connectivity index (χ3n) is 5.73. The summed E-state index contributed by atoms with van der Waals surface area (Å²) in [6.07, 6.45) is -0.415. The second-order valence-electron chi connectivity index (χ2n) is 8.40. The predicted octanol–water partition coefficient (Wildman–Crippen LogP) is 2.42. The van der Waals surface area contributed by atoms with Gasteiger partial charge in [-0.2, -0.15) is 9.30 Å². The normalized spacial score (nSPS) is 19.4. The first kappa shape index (κ1) is 26.0. The van der Waals surface area contributed by atoms with Gasteiger partial charge in [-0.25, -0.2) is 8.42 Å². The van der Waals surface area contributed by atoms with Crippen LogP contribution in [0, 0.1) is 0 Å². The molecule has 2 heterocycles. The topological polar surface area (TPSA) is 117 Å². The van der Waals surface area contributed by atoms with Crippen LogP contribution in [0.5, 0.6) is 5.75 Å². The monoisotopic (exact) mass is 533 g/mol. The maximum atomic E-state index is 13.1. The van der Waals surface area contributed by atoms with Crippen molar-refractivity contribution >= 4 is 43.5 Å². The summed E-state index contributed by atoms with van der Waals surface area (Å²) in [7, 11) is -0.890. The van der Waals surface area contributed by atoms with E-state index in [-0.39, 0.29) is 42.3 Å². The highest BCUT2D eigenvalue weighted by Gasteiger charge is 2.32. The van der Waals surface area contributed by atoms with Crippen molar-refractivity contribution < 1.29 is 32.2 Å². The number of benzene rings is 2. The molecule has 1 saturated heterocycles. The number of sulfonamides is 1. The molecular formula is C24H27N3O7S2. The van der Waals surface area contributed by atoms with Crippen molar-refractivity contribution in [1.29, 1.82) is 0 Å². The summed E-state index contributed by atoms with van der Waals surface area (Å²) in [5.41, 5.74) is 0.922. The van der Waals surface area contributed by atoms with Gasteiger partial charge in [-0.3, -0.25) is 9.59 Å². The molecule has 0 unspecified atom stereocenters. The maximum Gasteiger partial charge on any atom is 0.325 e. The number of fused-ring (bicyclic) bond motifs is 1. The Hall–Kier alpha value is -3.06. The lowest BCUT2D eigenvalue weighted by Crippen LogP contribution is -2.48. The molecule has 1 fully saturated rings. The summed E-state index contributed by atoms with van der Waals surface area (Å²) in [4.78, 5) is 29.6. The average Bonchev–Trinajstić information content (AvgIpc) is 3.18. The SMILES string of the molecule is COC(=O)Cn1c(=NC(=O)c2ccc(S(=O)(=O)N3C[C@@H](C)O[C@@H](C)C3)cc2)sc2cc(OC)ccc21. The molecule has 0 saturated carbocycles. The molecule has 0 spiro atoms. The first-order valence-electron chi connectivity index (χ1n) is 11.2. The van der Waals surface area contributed by atoms with E-state index in [2.05, 4.69) is 4.99 Å². The maximum absolute atomic E-state index is 13.1. The van der Waals surface area contributed by atoms with Crippen LogP contribution in [0.1, 0.15) is 24.2 Å². The fourth-order valence-electron chi connectivity index (χ4n) is 4.01. The lowest BCUT2D eigenvalue weighted by Gasteiger charge is -2.34. The zero-order chi connectivity index (χ0) is 26.0. The van der Waals surface area contributed by atoms with E-state index >= 15 is 0 Å². The van der Waals surface area contributed by atoms with E-state index in [1.165, 1.54) is 47.0 Å². The van der Waals surface area contributed by atoms with Crippen molar-refractivity contribution in [2.75, 3.05) is 27.3 Å². The third-order valence-corrected chi connectivity index (χ3v) is 8.61. The third kappa shape index (κ3) is 5.36. The van der Waals surface area contributed by atoms with Crippen LogP contribution in [-0.2, 0) is 30.8 Å². The number of thiazole rings is 1. The summed E-state index contributed by atoms with van der Waals surface area (Å²) in [5.74, 6) is -0.418. The summed E-state index contributed by atoms with van der Waals surface area (Å²) < 4.78 is 45.6. The molecule has 10 nitrogen and oxygen atoms in total. The molecule has 2 aromatic carbocycles. The molecule has 12 heteroatoms. The number of ether oxygens (including phenoxy) is 3. The van der Waals surface area contributed by atoms with Gasteiger partial charge in [-0.15, -0.1) is 0 Å². The largest absolute Gasteiger partial charge is 0.497 e. The summed E-state index contributed by atoms with van der Waals surface area (Å²) >= 11 is 1.23. The molecule has 0 bridgehead atoms. The van der Waals surface area contributed by atoms with Crippen LogP contribution in [0.4, 0.5) is 0 Å². The molecule has 4 rings (SSSR count). The number of aromatic nitrogens is 1. The highest BCUT2D eigenvalue weighted by Crippen LogP contribution is 2.24. The zero-order valence-electron chi connectivity index (χ0n) is 20.3. The summed E-state index contributed by atoms with van der Waals surface area (Å²) in [6.45, 7) is 4.07. The van der Waals surface area contributed by atoms with E-state index in [1.807, 2.05) is 13.8 Å². The van der Waals surface area contributed by atoms with E-state index in [9.17, 15) is 18.0 Å². The van der Waals surface area contributed by atoms with Crippen LogP contribution in [0.3, 0.4) is 0 Å². The minimum Gasteiger partial charge on any atom is -0.497 e. The Labute approximate surface area is 212 Å². The number of hydrogen-bond acceptors (Lipinski definition) is 8. The molecule has 0 N–H and O–H groups in total. The van der Waals surface area contributed by atoms with Gasteiger partial charge in [0.1, 0.15) is 12.3 Å². The number of methoxy groups -OCH3 is 2. The number of morpholine rings is 1. The van der Waals surface area contributed by atoms with E-state index < -0.39 is 21.9 Å². The minimum absolute atomic E-state index is 0.0927. The lowest BCUT2D eigenvalue weighted by molar-refractivity contribution is -0.141. The van der Waals surface area contributed by atoms with Crippen LogP contribution < -0.4 is 9.54 Å². The Morgan fingerprint density at radius 2 is 1.75 bits per heavy atom. The van der Waals surface area contributed by atoms with Gasteiger partial charge >= 0.3 is 5.97 Å². The highest BCUT2D eigenvalue weighted by molar-refractivity contribution is 7.89. The molecular weight excluding hydrogens is 506 g/mol. The quantitative estimate of drug-likeness (QED) is 0.447. The van der Waals surface area contributed by atoms with Crippen molar-refractivity contribution in [3.05, 3.63) is 52.8 Å². The molecule has 1 aliphatic rings. The van der Waals surface area contributed by atoms with E-state index in [0.717, 1.165) is 4.70 Å². The van der Waals surface area contributed by atoms with Crippen LogP contribution in [0.2, 0.25) is 0 Å². The van der Waals surface area contributed by atoms with Crippen LogP contribution >= 0.6 is 11.3 Å². The van der Waals surface area contributed by atoms with E-state index in [4.69, 9.17) is 14.2 Å². The summed E-state index contributed by atoms with van der Waals surface area (Å²) in [6, 6.07) is 11.0. The Morgan fingerprint density at radius 1 is 1.08 bits per heavy atom. The first-order valence-corrected chi connectivity index (χ1v) is 13.5. The standard InChI is InChI=1S/C24H27N3O7S2/c1-15-12-26(13-16(2)34-15)36(30,31)19-8-5-17(6-9-19)23(29)25-24-27(14-22(28)33-4)20-10-7-18(32-3)11-21(20)35-24/h5-11,15-16H,12-14H2,1-4H3/t15-,16+. The van der Waals surface area contributed by atoms with E-state index in [0.29, 0.717) is 16.1 Å². The van der Waals surface area contributed by atoms with Crippen molar-refractivity contribution in [1.82, 2.24) is 8.87 Å². The Morgan fingerprint density at radius 3 is 2.36 bits per heavy atom. The van der Waals surface area contributed by atoms with Gasteiger partial charge in [-0.05, 0) is 56.3 Å². The number of rotatable bonds is 6. The Bertz CT molecular complexity index is 1450. The molecule has 36 heavy (non-hydrogen) atoms. The van der Waals surface area contributed by atoms with Gasteiger partial charge in [0.2, 0.25) is 10.0 Å². The van der Waals surface area contributed by atoms with Crippen LogP contribution in [0.25, 0.3) is 10.2 Å².